The second-order valence-corrected chi connectivity index (χ2v) is 10.1. The fraction of sp³-hybridized carbons (Fsp3) is 0.286. The van der Waals surface area contributed by atoms with Crippen molar-refractivity contribution in [3.8, 4) is 0 Å². The van der Waals surface area contributed by atoms with Crippen molar-refractivity contribution >= 4 is 29.3 Å². The normalized spacial score (nSPS) is 15.8. The third-order valence-corrected chi connectivity index (χ3v) is 7.79. The van der Waals surface area contributed by atoms with Gasteiger partial charge >= 0.3 is 0 Å². The lowest BCUT2D eigenvalue weighted by Crippen LogP contribution is -3.14. The lowest BCUT2D eigenvalue weighted by Gasteiger charge is -2.25. The van der Waals surface area contributed by atoms with E-state index in [-0.39, 0.29) is 11.8 Å². The van der Waals surface area contributed by atoms with E-state index in [2.05, 4.69) is 24.4 Å². The number of morpholine rings is 1. The zero-order chi connectivity index (χ0) is 24.2. The number of nitrogens with one attached hydrogen (secondary N) is 2. The highest BCUT2D eigenvalue weighted by molar-refractivity contribution is 7.99. The van der Waals surface area contributed by atoms with E-state index in [1.165, 1.54) is 4.90 Å². The van der Waals surface area contributed by atoms with Crippen LogP contribution in [0.4, 0.5) is 5.69 Å². The molecule has 3 aromatic carbocycles. The Balaban J connectivity index is 1.42. The van der Waals surface area contributed by atoms with Crippen LogP contribution >= 0.6 is 11.8 Å². The summed E-state index contributed by atoms with van der Waals surface area (Å²) >= 11 is 1.57. The molecule has 0 aromatic heterocycles. The number of carbonyl (C=O) groups is 2. The largest absolute Gasteiger partial charge is 0.370 e. The molecule has 3 aromatic rings. The summed E-state index contributed by atoms with van der Waals surface area (Å²) in [7, 11) is 0. The average molecular weight is 489 g/mol. The molecule has 0 unspecified atom stereocenters. The minimum absolute atomic E-state index is 0.0522. The van der Waals surface area contributed by atoms with Crippen LogP contribution in [0.2, 0.25) is 0 Å². The van der Waals surface area contributed by atoms with E-state index in [0.717, 1.165) is 59.5 Å². The van der Waals surface area contributed by atoms with E-state index in [9.17, 15) is 9.59 Å². The van der Waals surface area contributed by atoms with E-state index in [4.69, 9.17) is 4.74 Å². The number of fused-ring (bicyclic) bond motifs is 2. The standard InChI is InChI=1S/C28H29N3O3S/c1-20-6-2-3-7-22(20)19-31-24-18-21(27(32)29-12-13-30-14-16-34-17-15-30)10-11-26(24)35-25-9-5-4-8-23(25)28(31)33/h2-11,18H,12-17,19H2,1H3,(H,29,32)/p+1. The Hall–Kier alpha value is -3.13. The maximum Gasteiger partial charge on any atom is 0.259 e. The van der Waals surface area contributed by atoms with Gasteiger partial charge < -0.3 is 19.9 Å². The number of benzene rings is 3. The number of aryl methyl sites for hydroxylation is 1. The molecule has 0 radical (unpaired) electrons. The van der Waals surface area contributed by atoms with Gasteiger partial charge in [0.25, 0.3) is 11.8 Å². The average Bonchev–Trinajstić information content (AvgIpc) is 3.00. The molecule has 2 aliphatic heterocycles. The Kier molecular flexibility index (Phi) is 7.18. The molecule has 1 saturated heterocycles. The molecule has 7 heteroatoms. The van der Waals surface area contributed by atoms with E-state index in [0.29, 0.717) is 24.2 Å². The van der Waals surface area contributed by atoms with Crippen LogP contribution in [0.3, 0.4) is 0 Å². The lowest BCUT2D eigenvalue weighted by atomic mass is 10.1. The van der Waals surface area contributed by atoms with Gasteiger partial charge in [-0.05, 0) is 48.4 Å². The second kappa shape index (κ2) is 10.6. The minimum Gasteiger partial charge on any atom is -0.370 e. The first-order chi connectivity index (χ1) is 17.1. The molecule has 0 bridgehead atoms. The van der Waals surface area contributed by atoms with Gasteiger partial charge in [-0.3, -0.25) is 9.59 Å². The number of rotatable bonds is 6. The van der Waals surface area contributed by atoms with Crippen LogP contribution in [0.5, 0.6) is 0 Å². The zero-order valence-corrected chi connectivity index (χ0v) is 20.7. The van der Waals surface area contributed by atoms with Crippen molar-refractivity contribution in [3.63, 3.8) is 0 Å². The molecule has 35 heavy (non-hydrogen) atoms. The van der Waals surface area contributed by atoms with Crippen LogP contribution in [0.1, 0.15) is 31.8 Å². The fourth-order valence-electron chi connectivity index (χ4n) is 4.54. The van der Waals surface area contributed by atoms with E-state index < -0.39 is 0 Å². The van der Waals surface area contributed by atoms with Gasteiger partial charge in [-0.15, -0.1) is 0 Å². The molecule has 6 nitrogen and oxygen atoms in total. The quantitative estimate of drug-likeness (QED) is 0.560. The highest BCUT2D eigenvalue weighted by Gasteiger charge is 2.28. The minimum atomic E-state index is -0.115. The first-order valence-corrected chi connectivity index (χ1v) is 12.9. The Labute approximate surface area is 210 Å². The number of hydrogen-bond acceptors (Lipinski definition) is 4. The van der Waals surface area contributed by atoms with E-state index in [1.54, 1.807) is 11.8 Å². The number of hydrogen-bond donors (Lipinski definition) is 2. The van der Waals surface area contributed by atoms with Gasteiger partial charge in [0.1, 0.15) is 13.1 Å². The molecule has 5 rings (SSSR count). The number of carbonyl (C=O) groups excluding carboxylic acids is 2. The van der Waals surface area contributed by atoms with Gasteiger partial charge in [-0.25, -0.2) is 0 Å². The maximum absolute atomic E-state index is 13.7. The highest BCUT2D eigenvalue weighted by Crippen LogP contribution is 2.42. The Morgan fingerprint density at radius 1 is 1.03 bits per heavy atom. The van der Waals surface area contributed by atoms with Crippen molar-refractivity contribution in [2.45, 2.75) is 23.3 Å². The first-order valence-electron chi connectivity index (χ1n) is 12.1. The SMILES string of the molecule is Cc1ccccc1CN1C(=O)c2ccccc2Sc2ccc(C(=O)NCC[NH+]3CCOCC3)cc21. The van der Waals surface area contributed by atoms with Crippen LogP contribution < -0.4 is 15.1 Å². The number of anilines is 1. The summed E-state index contributed by atoms with van der Waals surface area (Å²) in [5.41, 5.74) is 4.23. The number of amides is 2. The Morgan fingerprint density at radius 2 is 1.80 bits per heavy atom. The van der Waals surface area contributed by atoms with E-state index in [1.807, 2.05) is 59.5 Å². The van der Waals surface area contributed by atoms with Gasteiger partial charge in [0.2, 0.25) is 0 Å². The van der Waals surface area contributed by atoms with Gasteiger partial charge in [-0.2, -0.15) is 0 Å². The molecule has 0 spiro atoms. The van der Waals surface area contributed by atoms with Crippen molar-refractivity contribution in [3.05, 3.63) is 89.0 Å². The second-order valence-electron chi connectivity index (χ2n) is 8.97. The monoisotopic (exact) mass is 488 g/mol. The maximum atomic E-state index is 13.7. The van der Waals surface area contributed by atoms with Crippen LogP contribution in [0.15, 0.2) is 76.5 Å². The third-order valence-electron chi connectivity index (χ3n) is 6.65. The summed E-state index contributed by atoms with van der Waals surface area (Å²) < 4.78 is 5.41. The Bertz CT molecular complexity index is 1240. The summed E-state index contributed by atoms with van der Waals surface area (Å²) in [5.74, 6) is -0.168. The molecule has 1 fully saturated rings. The number of ether oxygens (including phenoxy) is 1. The molecular formula is C28H30N3O3S+. The van der Waals surface area contributed by atoms with Crippen molar-refractivity contribution in [2.24, 2.45) is 0 Å². The molecule has 180 valence electrons. The predicted molar refractivity (Wildman–Crippen MR) is 137 cm³/mol. The smallest absolute Gasteiger partial charge is 0.259 e. The molecule has 0 aliphatic carbocycles. The Morgan fingerprint density at radius 3 is 2.63 bits per heavy atom. The predicted octanol–water partition coefficient (Wildman–Crippen LogP) is 2.95. The highest BCUT2D eigenvalue weighted by atomic mass is 32.2. The first kappa shape index (κ1) is 23.6. The molecule has 2 amide bonds. The molecule has 2 aliphatic rings. The van der Waals surface area contributed by atoms with Gasteiger partial charge in [-0.1, -0.05) is 48.2 Å². The van der Waals surface area contributed by atoms with Crippen molar-refractivity contribution in [1.82, 2.24) is 5.32 Å². The van der Waals surface area contributed by atoms with Crippen LogP contribution in [0, 0.1) is 6.92 Å². The van der Waals surface area contributed by atoms with Crippen LogP contribution in [-0.2, 0) is 11.3 Å². The molecule has 2 heterocycles. The van der Waals surface area contributed by atoms with Gasteiger partial charge in [0.15, 0.2) is 0 Å². The van der Waals surface area contributed by atoms with Crippen molar-refractivity contribution in [2.75, 3.05) is 44.3 Å². The van der Waals surface area contributed by atoms with E-state index >= 15 is 0 Å². The summed E-state index contributed by atoms with van der Waals surface area (Å²) in [4.78, 5) is 31.9. The van der Waals surface area contributed by atoms with Crippen LogP contribution in [-0.4, -0.2) is 51.2 Å². The molecular weight excluding hydrogens is 458 g/mol. The molecule has 0 atom stereocenters. The lowest BCUT2D eigenvalue weighted by molar-refractivity contribution is -0.906. The fourth-order valence-corrected chi connectivity index (χ4v) is 5.60. The third kappa shape index (κ3) is 5.27. The number of quaternary nitrogens is 1. The topological polar surface area (TPSA) is 63.1 Å². The van der Waals surface area contributed by atoms with Gasteiger partial charge in [0.05, 0.1) is 44.1 Å². The molecule has 2 N–H and O–H groups in total. The van der Waals surface area contributed by atoms with Crippen molar-refractivity contribution in [1.29, 1.82) is 0 Å². The summed E-state index contributed by atoms with van der Waals surface area (Å²) in [6, 6.07) is 21.5. The van der Waals surface area contributed by atoms with Crippen LogP contribution in [0.25, 0.3) is 0 Å². The zero-order valence-electron chi connectivity index (χ0n) is 19.9. The van der Waals surface area contributed by atoms with Gasteiger partial charge in [0, 0.05) is 15.4 Å². The summed E-state index contributed by atoms with van der Waals surface area (Å²) in [6.07, 6.45) is 0. The summed E-state index contributed by atoms with van der Waals surface area (Å²) in [6.45, 7) is 7.49. The molecule has 0 saturated carbocycles. The number of nitrogens with zero attached hydrogens (tertiary/aromatic N) is 1. The summed E-state index contributed by atoms with van der Waals surface area (Å²) in [5, 5.41) is 3.06. The van der Waals surface area contributed by atoms with Crippen molar-refractivity contribution < 1.29 is 19.2 Å².